The second-order valence-corrected chi connectivity index (χ2v) is 8.43. The van der Waals surface area contributed by atoms with Gasteiger partial charge in [0.05, 0.1) is 16.0 Å². The van der Waals surface area contributed by atoms with E-state index >= 15 is 0 Å². The van der Waals surface area contributed by atoms with E-state index < -0.39 is 0 Å². The van der Waals surface area contributed by atoms with Crippen LogP contribution in [0.3, 0.4) is 0 Å². The molecule has 1 amide bonds. The summed E-state index contributed by atoms with van der Waals surface area (Å²) >= 11 is 1.57. The quantitative estimate of drug-likeness (QED) is 0.895. The van der Waals surface area contributed by atoms with Crippen LogP contribution in [-0.4, -0.2) is 11.4 Å². The van der Waals surface area contributed by atoms with E-state index in [0.717, 1.165) is 29.8 Å². The third-order valence-electron chi connectivity index (χ3n) is 4.10. The Labute approximate surface area is 136 Å². The van der Waals surface area contributed by atoms with Crippen LogP contribution in [0.15, 0.2) is 0 Å². The van der Waals surface area contributed by atoms with Crippen LogP contribution in [0.1, 0.15) is 69.9 Å². The van der Waals surface area contributed by atoms with Crippen LogP contribution in [0.5, 0.6) is 0 Å². The molecule has 1 aromatic heterocycles. The van der Waals surface area contributed by atoms with Crippen LogP contribution >= 0.6 is 11.3 Å². The molecule has 5 heteroatoms. The summed E-state index contributed by atoms with van der Waals surface area (Å²) in [7, 11) is 0. The van der Waals surface area contributed by atoms with Gasteiger partial charge in [-0.1, -0.05) is 13.3 Å². The summed E-state index contributed by atoms with van der Waals surface area (Å²) in [5, 5.41) is 15.6. The van der Waals surface area contributed by atoms with Crippen molar-refractivity contribution in [2.75, 3.05) is 5.32 Å². The zero-order chi connectivity index (χ0) is 16.5. The van der Waals surface area contributed by atoms with Gasteiger partial charge in [0, 0.05) is 12.8 Å². The summed E-state index contributed by atoms with van der Waals surface area (Å²) in [4.78, 5) is 13.2. The van der Waals surface area contributed by atoms with Gasteiger partial charge in [-0.3, -0.25) is 4.79 Å². The van der Waals surface area contributed by atoms with E-state index in [9.17, 15) is 10.1 Å². The number of rotatable bonds is 4. The van der Waals surface area contributed by atoms with Gasteiger partial charge in [0.25, 0.3) is 0 Å². The highest BCUT2D eigenvalue weighted by atomic mass is 32.1. The van der Waals surface area contributed by atoms with E-state index in [-0.39, 0.29) is 17.0 Å². The van der Waals surface area contributed by atoms with Crippen molar-refractivity contribution < 1.29 is 10.1 Å². The molecule has 3 N–H and O–H groups in total. The molecule has 120 valence electrons. The average molecular weight is 320 g/mol. The maximum Gasteiger partial charge on any atom is 0.225 e. The van der Waals surface area contributed by atoms with Crippen LogP contribution in [0.25, 0.3) is 0 Å². The molecule has 22 heavy (non-hydrogen) atoms. The van der Waals surface area contributed by atoms with Gasteiger partial charge in [0.2, 0.25) is 5.91 Å². The molecule has 1 aliphatic heterocycles. The molecule has 2 rings (SSSR count). The van der Waals surface area contributed by atoms with Gasteiger partial charge in [-0.2, -0.15) is 5.26 Å². The lowest BCUT2D eigenvalue weighted by Gasteiger charge is -2.38. The molecule has 0 atom stereocenters. The van der Waals surface area contributed by atoms with Gasteiger partial charge in [-0.05, 0) is 39.7 Å². The summed E-state index contributed by atoms with van der Waals surface area (Å²) in [6.07, 6.45) is 3.25. The van der Waals surface area contributed by atoms with Gasteiger partial charge >= 0.3 is 0 Å². The minimum atomic E-state index is -0.0697. The number of hydrogen-bond acceptors (Lipinski definition) is 3. The van der Waals surface area contributed by atoms with E-state index in [1.807, 2.05) is 0 Å². The molecule has 0 unspecified atom stereocenters. The number of nitrogens with one attached hydrogen (secondary N) is 1. The molecular weight excluding hydrogens is 294 g/mol. The molecule has 1 aromatic rings. The Morgan fingerprint density at radius 1 is 1.41 bits per heavy atom. The number of nitrogens with two attached hydrogens (primary N) is 1. The molecule has 0 saturated heterocycles. The topological polar surface area (TPSA) is 69.5 Å². The summed E-state index contributed by atoms with van der Waals surface area (Å²) in [5.74, 6) is 0.0120. The van der Waals surface area contributed by atoms with Crippen LogP contribution in [0.2, 0.25) is 0 Å². The lowest BCUT2D eigenvalue weighted by atomic mass is 9.81. The normalized spacial score (nSPS) is 18.4. The highest BCUT2D eigenvalue weighted by Crippen LogP contribution is 2.41. The van der Waals surface area contributed by atoms with Crippen LogP contribution in [0.4, 0.5) is 5.00 Å². The SMILES string of the molecule is CCCCC(=O)Nc1sc2c(c1C#N)CC(C)(C)[NH2+]C2(C)C. The van der Waals surface area contributed by atoms with E-state index in [1.54, 1.807) is 11.3 Å². The molecule has 1 aliphatic rings. The molecule has 0 aromatic carbocycles. The smallest absolute Gasteiger partial charge is 0.225 e. The third kappa shape index (κ3) is 3.34. The number of thiophene rings is 1. The fourth-order valence-electron chi connectivity index (χ4n) is 3.44. The number of amides is 1. The molecule has 0 saturated carbocycles. The molecule has 0 fully saturated rings. The Morgan fingerprint density at radius 3 is 2.68 bits per heavy atom. The number of quaternary nitrogens is 1. The maximum atomic E-state index is 12.0. The molecule has 2 heterocycles. The van der Waals surface area contributed by atoms with Crippen molar-refractivity contribution in [3.63, 3.8) is 0 Å². The largest absolute Gasteiger partial charge is 0.333 e. The summed E-state index contributed by atoms with van der Waals surface area (Å²) in [5.41, 5.74) is 1.78. The van der Waals surface area contributed by atoms with Crippen LogP contribution < -0.4 is 10.6 Å². The highest BCUT2D eigenvalue weighted by molar-refractivity contribution is 7.16. The second kappa shape index (κ2) is 6.02. The number of fused-ring (bicyclic) bond motifs is 1. The minimum Gasteiger partial charge on any atom is -0.333 e. The summed E-state index contributed by atoms with van der Waals surface area (Å²) in [6, 6.07) is 2.32. The Kier molecular flexibility index (Phi) is 4.65. The Morgan fingerprint density at radius 2 is 2.09 bits per heavy atom. The predicted molar refractivity (Wildman–Crippen MR) is 89.9 cm³/mol. The van der Waals surface area contributed by atoms with E-state index in [2.05, 4.69) is 51.3 Å². The van der Waals surface area contributed by atoms with Crippen LogP contribution in [0, 0.1) is 11.3 Å². The van der Waals surface area contributed by atoms with Crippen molar-refractivity contribution >= 4 is 22.2 Å². The summed E-state index contributed by atoms with van der Waals surface area (Å²) < 4.78 is 0. The van der Waals surface area contributed by atoms with Crippen molar-refractivity contribution in [3.05, 3.63) is 16.0 Å². The van der Waals surface area contributed by atoms with Crippen LogP contribution in [-0.2, 0) is 16.8 Å². The van der Waals surface area contributed by atoms with Gasteiger partial charge in [0.15, 0.2) is 0 Å². The number of nitriles is 1. The third-order valence-corrected chi connectivity index (χ3v) is 5.59. The number of hydrogen-bond donors (Lipinski definition) is 2. The Balaban J connectivity index is 2.38. The number of unbranched alkanes of at least 4 members (excludes halogenated alkanes) is 1. The highest BCUT2D eigenvalue weighted by Gasteiger charge is 2.44. The molecular formula is C17H26N3OS+. The average Bonchev–Trinajstić information content (AvgIpc) is 2.72. The van der Waals surface area contributed by atoms with E-state index in [1.165, 1.54) is 4.88 Å². The first-order chi connectivity index (χ1) is 10.2. The second-order valence-electron chi connectivity index (χ2n) is 7.41. The monoisotopic (exact) mass is 320 g/mol. The number of anilines is 1. The van der Waals surface area contributed by atoms with Gasteiger partial charge < -0.3 is 10.6 Å². The van der Waals surface area contributed by atoms with Gasteiger partial charge in [-0.25, -0.2) is 0 Å². The van der Waals surface area contributed by atoms with E-state index in [0.29, 0.717) is 12.0 Å². The first kappa shape index (κ1) is 17.0. The fraction of sp³-hybridized carbons (Fsp3) is 0.647. The lowest BCUT2D eigenvalue weighted by Crippen LogP contribution is -3.03. The Hall–Kier alpha value is -1.38. The zero-order valence-electron chi connectivity index (χ0n) is 14.2. The minimum absolute atomic E-state index is 0.0120. The molecule has 4 nitrogen and oxygen atoms in total. The first-order valence-electron chi connectivity index (χ1n) is 7.93. The van der Waals surface area contributed by atoms with Crippen molar-refractivity contribution in [2.24, 2.45) is 0 Å². The lowest BCUT2D eigenvalue weighted by molar-refractivity contribution is -0.789. The molecule has 0 aliphatic carbocycles. The van der Waals surface area contributed by atoms with Crippen molar-refractivity contribution in [1.29, 1.82) is 5.26 Å². The maximum absolute atomic E-state index is 12.0. The van der Waals surface area contributed by atoms with Gasteiger partial charge in [0.1, 0.15) is 16.6 Å². The van der Waals surface area contributed by atoms with Crippen molar-refractivity contribution in [1.82, 2.24) is 0 Å². The van der Waals surface area contributed by atoms with Crippen molar-refractivity contribution in [2.45, 2.75) is 71.4 Å². The summed E-state index contributed by atoms with van der Waals surface area (Å²) in [6.45, 7) is 10.9. The zero-order valence-corrected chi connectivity index (χ0v) is 15.0. The molecule has 0 bridgehead atoms. The Bertz CT molecular complexity index is 623. The standard InChI is InChI=1S/C17H25N3OS/c1-6-7-8-13(21)19-15-12(10-18)11-9-16(2,3)20-17(4,5)14(11)22-15/h20H,6-9H2,1-5H3,(H,19,21)/p+1. The number of nitrogens with zero attached hydrogens (tertiary/aromatic N) is 1. The number of carbonyl (C=O) groups excluding carboxylic acids is 1. The molecule has 0 radical (unpaired) electrons. The molecule has 0 spiro atoms. The first-order valence-corrected chi connectivity index (χ1v) is 8.75. The van der Waals surface area contributed by atoms with Crippen molar-refractivity contribution in [3.8, 4) is 6.07 Å². The fourth-order valence-corrected chi connectivity index (χ4v) is 4.70. The number of carbonyl (C=O) groups is 1. The van der Waals surface area contributed by atoms with Gasteiger partial charge in [-0.15, -0.1) is 11.3 Å². The predicted octanol–water partition coefficient (Wildman–Crippen LogP) is 2.88. The van der Waals surface area contributed by atoms with E-state index in [4.69, 9.17) is 0 Å².